The van der Waals surface area contributed by atoms with Gasteiger partial charge in [0.25, 0.3) is 0 Å². The third-order valence-electron chi connectivity index (χ3n) is 2.97. The fourth-order valence-corrected chi connectivity index (χ4v) is 2.85. The van der Waals surface area contributed by atoms with Gasteiger partial charge < -0.3 is 9.67 Å². The van der Waals surface area contributed by atoms with Crippen molar-refractivity contribution in [1.82, 2.24) is 4.57 Å². The van der Waals surface area contributed by atoms with E-state index in [-0.39, 0.29) is 18.5 Å². The lowest BCUT2D eigenvalue weighted by molar-refractivity contribution is 0.273. The van der Waals surface area contributed by atoms with Crippen LogP contribution in [0.4, 0.5) is 4.39 Å². The Morgan fingerprint density at radius 1 is 1.37 bits per heavy atom. The molecule has 0 saturated carbocycles. The second-order valence-corrected chi connectivity index (χ2v) is 5.23. The summed E-state index contributed by atoms with van der Waals surface area (Å²) < 4.78 is 14.9. The number of halogens is 1. The maximum Gasteiger partial charge on any atom is 0.185 e. The highest BCUT2D eigenvalue weighted by Crippen LogP contribution is 2.16. The normalized spacial score (nSPS) is 13.8. The fraction of sp³-hybridized carbons (Fsp3) is 0.357. The molecule has 1 aromatic heterocycles. The first kappa shape index (κ1) is 14.0. The molecular weight excluding hydrogens is 263 g/mol. The van der Waals surface area contributed by atoms with E-state index in [0.29, 0.717) is 6.54 Å². The summed E-state index contributed by atoms with van der Waals surface area (Å²) in [7, 11) is 0. The first-order chi connectivity index (χ1) is 9.11. The minimum atomic E-state index is -0.238. The van der Waals surface area contributed by atoms with E-state index in [2.05, 4.69) is 4.99 Å². The monoisotopic (exact) mass is 280 g/mol. The van der Waals surface area contributed by atoms with Crippen LogP contribution in [0.5, 0.6) is 0 Å². The number of aliphatic hydroxyl groups is 1. The van der Waals surface area contributed by atoms with E-state index in [0.717, 1.165) is 16.1 Å². The Labute approximate surface area is 115 Å². The van der Waals surface area contributed by atoms with Crippen LogP contribution in [-0.4, -0.2) is 16.3 Å². The van der Waals surface area contributed by atoms with Crippen LogP contribution in [0.15, 0.2) is 34.6 Å². The van der Waals surface area contributed by atoms with Crippen LogP contribution in [-0.2, 0) is 6.54 Å². The van der Waals surface area contributed by atoms with Gasteiger partial charge in [-0.05, 0) is 31.5 Å². The molecule has 2 rings (SSSR count). The molecule has 0 unspecified atom stereocenters. The minimum Gasteiger partial charge on any atom is -0.395 e. The van der Waals surface area contributed by atoms with Crippen molar-refractivity contribution in [3.8, 4) is 0 Å². The molecule has 0 radical (unpaired) electrons. The Balaban J connectivity index is 2.32. The van der Waals surface area contributed by atoms with E-state index in [1.807, 2.05) is 23.8 Å². The molecule has 0 aliphatic carbocycles. The molecule has 0 fully saturated rings. The van der Waals surface area contributed by atoms with Gasteiger partial charge in [-0.2, -0.15) is 0 Å². The lowest BCUT2D eigenvalue weighted by Gasteiger charge is -2.07. The standard InChI is InChI=1S/C14H17FN2OS/c1-10-9-19-14(17(10)7-8-18)16-11(2)12-3-5-13(15)6-4-12/h3-6,9,11,18H,7-8H2,1-2H3/b16-14-/t11-/m0/s1. The van der Waals surface area contributed by atoms with Crippen molar-refractivity contribution in [1.29, 1.82) is 0 Å². The topological polar surface area (TPSA) is 37.5 Å². The predicted molar refractivity (Wildman–Crippen MR) is 74.5 cm³/mol. The van der Waals surface area contributed by atoms with E-state index in [4.69, 9.17) is 5.11 Å². The van der Waals surface area contributed by atoms with Gasteiger partial charge >= 0.3 is 0 Å². The van der Waals surface area contributed by atoms with Gasteiger partial charge in [0.1, 0.15) is 5.82 Å². The quantitative estimate of drug-likeness (QED) is 0.918. The number of aryl methyl sites for hydroxylation is 1. The van der Waals surface area contributed by atoms with E-state index in [1.165, 1.54) is 12.1 Å². The average Bonchev–Trinajstić information content (AvgIpc) is 2.73. The van der Waals surface area contributed by atoms with E-state index >= 15 is 0 Å². The minimum absolute atomic E-state index is 0.0383. The molecule has 0 spiro atoms. The van der Waals surface area contributed by atoms with Crippen molar-refractivity contribution in [2.24, 2.45) is 4.99 Å². The second kappa shape index (κ2) is 6.12. The molecule has 3 nitrogen and oxygen atoms in total. The molecule has 1 N–H and O–H groups in total. The van der Waals surface area contributed by atoms with Crippen LogP contribution < -0.4 is 4.80 Å². The van der Waals surface area contributed by atoms with Crippen LogP contribution in [0.3, 0.4) is 0 Å². The van der Waals surface area contributed by atoms with Crippen molar-refractivity contribution in [3.05, 3.63) is 51.5 Å². The molecule has 0 aliphatic rings. The van der Waals surface area contributed by atoms with Crippen molar-refractivity contribution in [2.75, 3.05) is 6.61 Å². The van der Waals surface area contributed by atoms with Crippen LogP contribution in [0.25, 0.3) is 0 Å². The zero-order valence-electron chi connectivity index (χ0n) is 11.0. The van der Waals surface area contributed by atoms with Crippen molar-refractivity contribution in [2.45, 2.75) is 26.4 Å². The van der Waals surface area contributed by atoms with Gasteiger partial charge in [-0.25, -0.2) is 4.39 Å². The molecule has 5 heteroatoms. The number of aliphatic hydroxyl groups excluding tert-OH is 1. The van der Waals surface area contributed by atoms with Crippen LogP contribution in [0.1, 0.15) is 24.2 Å². The Morgan fingerprint density at radius 2 is 2.05 bits per heavy atom. The smallest absolute Gasteiger partial charge is 0.185 e. The lowest BCUT2D eigenvalue weighted by atomic mass is 10.1. The number of nitrogens with zero attached hydrogens (tertiary/aromatic N) is 2. The van der Waals surface area contributed by atoms with E-state index < -0.39 is 0 Å². The van der Waals surface area contributed by atoms with Gasteiger partial charge in [0.2, 0.25) is 0 Å². The lowest BCUT2D eigenvalue weighted by Crippen LogP contribution is -2.19. The van der Waals surface area contributed by atoms with Crippen molar-refractivity contribution >= 4 is 11.3 Å². The molecule has 1 aromatic carbocycles. The summed E-state index contributed by atoms with van der Waals surface area (Å²) in [5.41, 5.74) is 2.06. The maximum absolute atomic E-state index is 12.9. The Kier molecular flexibility index (Phi) is 4.50. The fourth-order valence-electron chi connectivity index (χ4n) is 1.87. The number of thiazole rings is 1. The molecule has 2 aromatic rings. The van der Waals surface area contributed by atoms with Gasteiger partial charge in [-0.15, -0.1) is 11.3 Å². The third-order valence-corrected chi connectivity index (χ3v) is 3.97. The summed E-state index contributed by atoms with van der Waals surface area (Å²) >= 11 is 1.55. The zero-order chi connectivity index (χ0) is 13.8. The molecule has 102 valence electrons. The largest absolute Gasteiger partial charge is 0.395 e. The molecule has 0 amide bonds. The SMILES string of the molecule is Cc1cs/c(=N\[C@@H](C)c2ccc(F)cc2)n1CCO. The summed E-state index contributed by atoms with van der Waals surface area (Å²) in [4.78, 5) is 5.52. The maximum atomic E-state index is 12.9. The third kappa shape index (κ3) is 3.30. The summed E-state index contributed by atoms with van der Waals surface area (Å²) in [6.07, 6.45) is 0. The van der Waals surface area contributed by atoms with Gasteiger partial charge in [0, 0.05) is 17.6 Å². The zero-order valence-corrected chi connectivity index (χ0v) is 11.8. The summed E-state index contributed by atoms with van der Waals surface area (Å²) in [5, 5.41) is 11.1. The molecule has 19 heavy (non-hydrogen) atoms. The van der Waals surface area contributed by atoms with Crippen molar-refractivity contribution in [3.63, 3.8) is 0 Å². The van der Waals surface area contributed by atoms with Gasteiger partial charge in [-0.1, -0.05) is 12.1 Å². The Hall–Kier alpha value is -1.46. The highest BCUT2D eigenvalue weighted by atomic mass is 32.1. The number of hydrogen-bond donors (Lipinski definition) is 1. The average molecular weight is 280 g/mol. The molecule has 1 atom stereocenters. The summed E-state index contributed by atoms with van der Waals surface area (Å²) in [6.45, 7) is 4.61. The molecule has 0 saturated heterocycles. The Bertz CT molecular complexity index is 601. The predicted octanol–water partition coefficient (Wildman–Crippen LogP) is 2.65. The van der Waals surface area contributed by atoms with Gasteiger partial charge in [0.05, 0.1) is 12.6 Å². The highest BCUT2D eigenvalue weighted by molar-refractivity contribution is 7.07. The first-order valence-corrected chi connectivity index (χ1v) is 7.05. The molecular formula is C14H17FN2OS. The van der Waals surface area contributed by atoms with E-state index in [9.17, 15) is 4.39 Å². The highest BCUT2D eigenvalue weighted by Gasteiger charge is 2.06. The molecule has 0 bridgehead atoms. The molecule has 1 heterocycles. The van der Waals surface area contributed by atoms with Gasteiger partial charge in [-0.3, -0.25) is 4.99 Å². The number of aromatic nitrogens is 1. The first-order valence-electron chi connectivity index (χ1n) is 6.17. The Morgan fingerprint density at radius 3 is 2.68 bits per heavy atom. The van der Waals surface area contributed by atoms with Crippen LogP contribution in [0.2, 0.25) is 0 Å². The molecule has 0 aliphatic heterocycles. The number of benzene rings is 1. The summed E-state index contributed by atoms with van der Waals surface area (Å²) in [6, 6.07) is 6.36. The van der Waals surface area contributed by atoms with Gasteiger partial charge in [0.15, 0.2) is 4.80 Å². The summed E-state index contributed by atoms with van der Waals surface area (Å²) in [5.74, 6) is -0.238. The second-order valence-electron chi connectivity index (χ2n) is 4.39. The van der Waals surface area contributed by atoms with E-state index in [1.54, 1.807) is 23.5 Å². The number of rotatable bonds is 4. The van der Waals surface area contributed by atoms with Crippen molar-refractivity contribution < 1.29 is 9.50 Å². The van der Waals surface area contributed by atoms with Crippen LogP contribution >= 0.6 is 11.3 Å². The van der Waals surface area contributed by atoms with Crippen LogP contribution in [0, 0.1) is 12.7 Å². The number of hydrogen-bond acceptors (Lipinski definition) is 3.